The van der Waals surface area contributed by atoms with E-state index in [1.165, 1.54) is 10.8 Å². The summed E-state index contributed by atoms with van der Waals surface area (Å²) in [5.41, 5.74) is 3.23. The Balaban J connectivity index is 1.78. The molecule has 0 spiro atoms. The molecule has 5 aromatic rings. The van der Waals surface area contributed by atoms with Gasteiger partial charge in [-0.05, 0) is 30.3 Å². The van der Waals surface area contributed by atoms with E-state index in [9.17, 15) is 0 Å². The average Bonchev–Trinajstić information content (AvgIpc) is 3.04. The first-order valence-electron chi connectivity index (χ1n) is 8.44. The van der Waals surface area contributed by atoms with E-state index in [2.05, 4.69) is 69.1 Å². The molecule has 0 aliphatic carbocycles. The van der Waals surface area contributed by atoms with Crippen LogP contribution < -0.4 is 4.74 Å². The highest BCUT2D eigenvalue weighted by atomic mass is 16.5. The molecule has 0 atom stereocenters. The number of hydrogen-bond acceptors (Lipinski definition) is 3. The molecule has 0 aliphatic rings. The van der Waals surface area contributed by atoms with Crippen molar-refractivity contribution in [2.75, 3.05) is 0 Å². The topological polar surface area (TPSA) is 39.9 Å². The molecule has 0 amide bonds. The number of aromatic nitrogens is 3. The summed E-state index contributed by atoms with van der Waals surface area (Å²) in [6.07, 6.45) is 3.34. The van der Waals surface area contributed by atoms with Gasteiger partial charge in [0.1, 0.15) is 0 Å². The van der Waals surface area contributed by atoms with E-state index < -0.39 is 0 Å². The fourth-order valence-electron chi connectivity index (χ4n) is 3.35. The minimum Gasteiger partial charge on any atom is -0.422 e. The van der Waals surface area contributed by atoms with Crippen molar-refractivity contribution in [3.05, 3.63) is 91.3 Å². The van der Waals surface area contributed by atoms with Gasteiger partial charge in [0.05, 0.1) is 16.7 Å². The molecule has 26 heavy (non-hydrogen) atoms. The van der Waals surface area contributed by atoms with Crippen LogP contribution in [-0.4, -0.2) is 14.5 Å². The zero-order valence-electron chi connectivity index (χ0n) is 13.9. The van der Waals surface area contributed by atoms with E-state index in [1.807, 2.05) is 18.2 Å². The summed E-state index contributed by atoms with van der Waals surface area (Å²) >= 11 is 0. The molecule has 5 rings (SSSR count). The summed E-state index contributed by atoms with van der Waals surface area (Å²) in [5, 5.41) is 2.43. The van der Waals surface area contributed by atoms with Crippen molar-refractivity contribution >= 4 is 21.8 Å². The number of rotatable bonds is 3. The Bertz CT molecular complexity index is 1160. The molecule has 0 fully saturated rings. The Kier molecular flexibility index (Phi) is 3.39. The van der Waals surface area contributed by atoms with Crippen LogP contribution in [0.5, 0.6) is 11.8 Å². The van der Waals surface area contributed by atoms with Gasteiger partial charge in [-0.25, -0.2) is 9.97 Å². The Hall–Kier alpha value is -3.66. The minimum atomic E-state index is 0.334. The third-order valence-electron chi connectivity index (χ3n) is 4.43. The second-order valence-corrected chi connectivity index (χ2v) is 5.97. The minimum absolute atomic E-state index is 0.334. The van der Waals surface area contributed by atoms with Crippen molar-refractivity contribution in [1.82, 2.24) is 14.5 Å². The van der Waals surface area contributed by atoms with Crippen LogP contribution in [-0.2, 0) is 0 Å². The third-order valence-corrected chi connectivity index (χ3v) is 4.43. The van der Waals surface area contributed by atoms with Crippen LogP contribution in [0.3, 0.4) is 0 Å². The summed E-state index contributed by atoms with van der Waals surface area (Å²) in [6, 6.07) is 26.9. The molecule has 0 radical (unpaired) electrons. The number of benzene rings is 3. The largest absolute Gasteiger partial charge is 0.422 e. The molecule has 2 heterocycles. The van der Waals surface area contributed by atoms with Crippen LogP contribution >= 0.6 is 0 Å². The molecular weight excluding hydrogens is 322 g/mol. The van der Waals surface area contributed by atoms with Crippen LogP contribution in [0, 0.1) is 0 Å². The van der Waals surface area contributed by atoms with Crippen molar-refractivity contribution < 1.29 is 4.74 Å². The van der Waals surface area contributed by atoms with Gasteiger partial charge >= 0.3 is 6.01 Å². The quantitative estimate of drug-likeness (QED) is 0.444. The van der Waals surface area contributed by atoms with Crippen molar-refractivity contribution in [3.8, 4) is 17.4 Å². The highest BCUT2D eigenvalue weighted by Crippen LogP contribution is 2.35. The summed E-state index contributed by atoms with van der Waals surface area (Å²) < 4.78 is 8.21. The molecule has 0 bridgehead atoms. The SMILES string of the molecule is c1cnc(Oc2ccccc2-n2c3ccccc3c3ccccc32)nc1. The van der Waals surface area contributed by atoms with Gasteiger partial charge in [-0.1, -0.05) is 48.5 Å². The molecule has 0 unspecified atom stereocenters. The van der Waals surface area contributed by atoms with Gasteiger partial charge in [-0.2, -0.15) is 0 Å². The third kappa shape index (κ3) is 2.31. The van der Waals surface area contributed by atoms with E-state index >= 15 is 0 Å². The van der Waals surface area contributed by atoms with Crippen LogP contribution in [0.4, 0.5) is 0 Å². The zero-order chi connectivity index (χ0) is 17.3. The van der Waals surface area contributed by atoms with Gasteiger partial charge in [0.25, 0.3) is 0 Å². The predicted molar refractivity (Wildman–Crippen MR) is 103 cm³/mol. The lowest BCUT2D eigenvalue weighted by Crippen LogP contribution is -1.99. The molecular formula is C22H15N3O. The van der Waals surface area contributed by atoms with Crippen molar-refractivity contribution in [1.29, 1.82) is 0 Å². The normalized spacial score (nSPS) is 11.1. The van der Waals surface area contributed by atoms with E-state index in [0.29, 0.717) is 11.8 Å². The fraction of sp³-hybridized carbons (Fsp3) is 0. The Morgan fingerprint density at radius 1 is 0.615 bits per heavy atom. The summed E-state index contributed by atoms with van der Waals surface area (Å²) in [7, 11) is 0. The highest BCUT2D eigenvalue weighted by molar-refractivity contribution is 6.09. The molecule has 2 aromatic heterocycles. The summed E-state index contributed by atoms with van der Waals surface area (Å²) in [6.45, 7) is 0. The first kappa shape index (κ1) is 14.7. The molecule has 0 saturated heterocycles. The maximum atomic E-state index is 5.99. The number of para-hydroxylation sites is 4. The van der Waals surface area contributed by atoms with E-state index in [-0.39, 0.29) is 0 Å². The number of ether oxygens (including phenoxy) is 1. The van der Waals surface area contributed by atoms with Crippen LogP contribution in [0.1, 0.15) is 0 Å². The average molecular weight is 337 g/mol. The van der Waals surface area contributed by atoms with Crippen LogP contribution in [0.15, 0.2) is 91.3 Å². The van der Waals surface area contributed by atoms with Crippen molar-refractivity contribution in [2.45, 2.75) is 0 Å². The monoisotopic (exact) mass is 337 g/mol. The Morgan fingerprint density at radius 2 is 1.19 bits per heavy atom. The highest BCUT2D eigenvalue weighted by Gasteiger charge is 2.15. The summed E-state index contributed by atoms with van der Waals surface area (Å²) in [5.74, 6) is 0.713. The molecule has 0 saturated carbocycles. The van der Waals surface area contributed by atoms with E-state index in [4.69, 9.17) is 4.74 Å². The van der Waals surface area contributed by atoms with Gasteiger partial charge in [0.2, 0.25) is 0 Å². The number of nitrogens with zero attached hydrogens (tertiary/aromatic N) is 3. The van der Waals surface area contributed by atoms with Gasteiger partial charge in [-0.3, -0.25) is 0 Å². The van der Waals surface area contributed by atoms with E-state index in [0.717, 1.165) is 16.7 Å². The van der Waals surface area contributed by atoms with Crippen molar-refractivity contribution in [2.24, 2.45) is 0 Å². The lowest BCUT2D eigenvalue weighted by atomic mass is 10.2. The lowest BCUT2D eigenvalue weighted by Gasteiger charge is -2.13. The first-order valence-corrected chi connectivity index (χ1v) is 8.44. The predicted octanol–water partition coefficient (Wildman–Crippen LogP) is 5.37. The van der Waals surface area contributed by atoms with Crippen LogP contribution in [0.2, 0.25) is 0 Å². The molecule has 124 valence electrons. The Morgan fingerprint density at radius 3 is 1.88 bits per heavy atom. The number of fused-ring (bicyclic) bond motifs is 3. The molecule has 0 N–H and O–H groups in total. The zero-order valence-corrected chi connectivity index (χ0v) is 13.9. The van der Waals surface area contributed by atoms with Crippen LogP contribution in [0.25, 0.3) is 27.5 Å². The van der Waals surface area contributed by atoms with Gasteiger partial charge in [0, 0.05) is 23.2 Å². The van der Waals surface area contributed by atoms with E-state index in [1.54, 1.807) is 18.5 Å². The van der Waals surface area contributed by atoms with Crippen molar-refractivity contribution in [3.63, 3.8) is 0 Å². The standard InChI is InChI=1S/C22H15N3O/c1-3-10-18-16(8-1)17-9-2-4-11-19(17)25(18)20-12-5-6-13-21(20)26-22-23-14-7-15-24-22/h1-15H. The second kappa shape index (κ2) is 6.01. The van der Waals surface area contributed by atoms with Gasteiger partial charge < -0.3 is 9.30 Å². The molecule has 4 heteroatoms. The smallest absolute Gasteiger partial charge is 0.321 e. The maximum Gasteiger partial charge on any atom is 0.321 e. The second-order valence-electron chi connectivity index (χ2n) is 5.97. The Labute approximate surface area is 150 Å². The molecule has 0 aliphatic heterocycles. The fourth-order valence-corrected chi connectivity index (χ4v) is 3.35. The molecule has 3 aromatic carbocycles. The molecule has 4 nitrogen and oxygen atoms in total. The maximum absolute atomic E-state index is 5.99. The summed E-state index contributed by atoms with van der Waals surface area (Å²) in [4.78, 5) is 8.36. The van der Waals surface area contributed by atoms with Gasteiger partial charge in [0.15, 0.2) is 5.75 Å². The first-order chi connectivity index (χ1) is 12.9. The lowest BCUT2D eigenvalue weighted by molar-refractivity contribution is 0.440. The number of hydrogen-bond donors (Lipinski definition) is 0. The van der Waals surface area contributed by atoms with Gasteiger partial charge in [-0.15, -0.1) is 0 Å².